The number of amides is 2. The van der Waals surface area contributed by atoms with Crippen molar-refractivity contribution in [3.63, 3.8) is 0 Å². The second kappa shape index (κ2) is 11.2. The summed E-state index contributed by atoms with van der Waals surface area (Å²) >= 11 is 0. The van der Waals surface area contributed by atoms with Crippen molar-refractivity contribution >= 4 is 17.7 Å². The zero-order valence-corrected chi connectivity index (χ0v) is 19.6. The number of fused-ring (bicyclic) bond motifs is 1. The first-order valence-electron chi connectivity index (χ1n) is 12.4. The number of benzene rings is 1. The van der Waals surface area contributed by atoms with Gasteiger partial charge in [-0.1, -0.05) is 32.1 Å². The van der Waals surface area contributed by atoms with Crippen molar-refractivity contribution in [1.29, 1.82) is 0 Å². The molecule has 1 aromatic carbocycles. The normalized spacial score (nSPS) is 20.8. The molecule has 1 saturated heterocycles. The van der Waals surface area contributed by atoms with Crippen LogP contribution in [0.2, 0.25) is 0 Å². The SMILES string of the molecule is C[C@@H](CN1CCc2cc(F)ccc21)NC(=O)[C@H](CC1CCCCC1)OC(=O)N1CCOCC1. The molecule has 4 rings (SSSR count). The van der Waals surface area contributed by atoms with E-state index in [9.17, 15) is 14.0 Å². The fraction of sp³-hybridized carbons (Fsp3) is 0.680. The predicted octanol–water partition coefficient (Wildman–Crippen LogP) is 3.50. The van der Waals surface area contributed by atoms with Crippen LogP contribution in [-0.2, 0) is 20.7 Å². The van der Waals surface area contributed by atoms with Crippen LogP contribution in [-0.4, -0.2) is 68.4 Å². The molecular formula is C25H36FN3O4. The van der Waals surface area contributed by atoms with Crippen molar-refractivity contribution in [2.75, 3.05) is 44.3 Å². The van der Waals surface area contributed by atoms with E-state index < -0.39 is 12.2 Å². The van der Waals surface area contributed by atoms with E-state index in [4.69, 9.17) is 9.47 Å². The maximum atomic E-state index is 13.5. The Hall–Kier alpha value is -2.35. The first kappa shape index (κ1) is 23.8. The summed E-state index contributed by atoms with van der Waals surface area (Å²) in [6, 6.07) is 4.74. The number of nitrogens with zero attached hydrogens (tertiary/aromatic N) is 2. The lowest BCUT2D eigenvalue weighted by Crippen LogP contribution is -2.49. The third-order valence-corrected chi connectivity index (χ3v) is 6.99. The van der Waals surface area contributed by atoms with E-state index in [0.717, 1.165) is 37.1 Å². The van der Waals surface area contributed by atoms with Crippen LogP contribution in [0.4, 0.5) is 14.9 Å². The summed E-state index contributed by atoms with van der Waals surface area (Å²) < 4.78 is 24.6. The van der Waals surface area contributed by atoms with Crippen LogP contribution in [0.15, 0.2) is 18.2 Å². The average Bonchev–Trinajstić information content (AvgIpc) is 3.21. The second-order valence-electron chi connectivity index (χ2n) is 9.59. The number of nitrogens with one attached hydrogen (secondary N) is 1. The third-order valence-electron chi connectivity index (χ3n) is 6.99. The minimum Gasteiger partial charge on any atom is -0.436 e. The molecule has 3 aliphatic rings. The van der Waals surface area contributed by atoms with Gasteiger partial charge in [0.05, 0.1) is 13.2 Å². The summed E-state index contributed by atoms with van der Waals surface area (Å²) in [5.41, 5.74) is 2.03. The molecule has 2 aliphatic heterocycles. The van der Waals surface area contributed by atoms with Crippen LogP contribution in [0, 0.1) is 11.7 Å². The monoisotopic (exact) mass is 461 g/mol. The number of rotatable bonds is 7. The van der Waals surface area contributed by atoms with Gasteiger partial charge in [-0.25, -0.2) is 9.18 Å². The minimum atomic E-state index is -0.786. The summed E-state index contributed by atoms with van der Waals surface area (Å²) in [7, 11) is 0. The van der Waals surface area contributed by atoms with Crippen molar-refractivity contribution in [2.24, 2.45) is 5.92 Å². The van der Waals surface area contributed by atoms with Gasteiger partial charge in [-0.15, -0.1) is 0 Å². The number of halogens is 1. The molecular weight excluding hydrogens is 425 g/mol. The van der Waals surface area contributed by atoms with E-state index in [1.54, 1.807) is 11.0 Å². The van der Waals surface area contributed by atoms with Crippen LogP contribution in [0.3, 0.4) is 0 Å². The summed E-state index contributed by atoms with van der Waals surface area (Å²) in [6.07, 6.45) is 5.88. The van der Waals surface area contributed by atoms with Gasteiger partial charge in [0.15, 0.2) is 6.10 Å². The van der Waals surface area contributed by atoms with Crippen molar-refractivity contribution in [3.8, 4) is 0 Å². The molecule has 0 aromatic heterocycles. The van der Waals surface area contributed by atoms with E-state index in [1.165, 1.54) is 25.3 Å². The molecule has 1 N–H and O–H groups in total. The van der Waals surface area contributed by atoms with Gasteiger partial charge in [-0.3, -0.25) is 4.79 Å². The van der Waals surface area contributed by atoms with Gasteiger partial charge in [-0.05, 0) is 49.4 Å². The average molecular weight is 462 g/mol. The molecule has 2 heterocycles. The van der Waals surface area contributed by atoms with Crippen LogP contribution in [0.5, 0.6) is 0 Å². The van der Waals surface area contributed by atoms with E-state index >= 15 is 0 Å². The number of carbonyl (C=O) groups excluding carboxylic acids is 2. The highest BCUT2D eigenvalue weighted by Crippen LogP contribution is 2.30. The Morgan fingerprint density at radius 2 is 1.94 bits per heavy atom. The molecule has 0 spiro atoms. The Morgan fingerprint density at radius 3 is 2.70 bits per heavy atom. The minimum absolute atomic E-state index is 0.135. The summed E-state index contributed by atoms with van der Waals surface area (Å²) in [5.74, 6) is -0.0413. The molecule has 2 atom stereocenters. The van der Waals surface area contributed by atoms with Crippen LogP contribution in [0.1, 0.15) is 51.0 Å². The lowest BCUT2D eigenvalue weighted by atomic mass is 9.85. The zero-order chi connectivity index (χ0) is 23.2. The van der Waals surface area contributed by atoms with Crippen LogP contribution < -0.4 is 10.2 Å². The van der Waals surface area contributed by atoms with Crippen LogP contribution in [0.25, 0.3) is 0 Å². The number of ether oxygens (including phenoxy) is 2. The molecule has 0 unspecified atom stereocenters. The first-order chi connectivity index (χ1) is 16.0. The molecule has 1 saturated carbocycles. The number of hydrogen-bond donors (Lipinski definition) is 1. The Morgan fingerprint density at radius 1 is 1.18 bits per heavy atom. The largest absolute Gasteiger partial charge is 0.436 e. The summed E-state index contributed by atoms with van der Waals surface area (Å²) in [6.45, 7) is 5.35. The molecule has 1 aliphatic carbocycles. The van der Waals surface area contributed by atoms with Gasteiger partial charge in [-0.2, -0.15) is 0 Å². The molecule has 33 heavy (non-hydrogen) atoms. The van der Waals surface area contributed by atoms with Gasteiger partial charge in [0.2, 0.25) is 0 Å². The molecule has 1 aromatic rings. The number of anilines is 1. The summed E-state index contributed by atoms with van der Waals surface area (Å²) in [5, 5.41) is 3.07. The first-order valence-corrected chi connectivity index (χ1v) is 12.4. The second-order valence-corrected chi connectivity index (χ2v) is 9.59. The maximum Gasteiger partial charge on any atom is 0.410 e. The summed E-state index contributed by atoms with van der Waals surface area (Å²) in [4.78, 5) is 29.7. The van der Waals surface area contributed by atoms with E-state index in [1.807, 2.05) is 13.0 Å². The van der Waals surface area contributed by atoms with E-state index in [2.05, 4.69) is 10.2 Å². The number of carbonyl (C=O) groups is 2. The number of morpholine rings is 1. The fourth-order valence-corrected chi connectivity index (χ4v) is 5.22. The zero-order valence-electron chi connectivity index (χ0n) is 19.6. The van der Waals surface area contributed by atoms with Crippen molar-refractivity contribution in [1.82, 2.24) is 10.2 Å². The third kappa shape index (κ3) is 6.37. The Bertz CT molecular complexity index is 824. The topological polar surface area (TPSA) is 71.1 Å². The van der Waals surface area contributed by atoms with Crippen LogP contribution >= 0.6 is 0 Å². The van der Waals surface area contributed by atoms with Gasteiger partial charge in [0, 0.05) is 37.9 Å². The molecule has 2 amide bonds. The van der Waals surface area contributed by atoms with E-state index in [-0.39, 0.29) is 17.8 Å². The molecule has 0 bridgehead atoms. The molecule has 8 heteroatoms. The highest BCUT2D eigenvalue weighted by atomic mass is 19.1. The maximum absolute atomic E-state index is 13.5. The highest BCUT2D eigenvalue weighted by molar-refractivity contribution is 5.83. The van der Waals surface area contributed by atoms with Gasteiger partial charge < -0.3 is 24.6 Å². The smallest absolute Gasteiger partial charge is 0.410 e. The van der Waals surface area contributed by atoms with Crippen molar-refractivity contribution in [2.45, 2.75) is 64.0 Å². The van der Waals surface area contributed by atoms with Gasteiger partial charge in [0.1, 0.15) is 5.82 Å². The van der Waals surface area contributed by atoms with Gasteiger partial charge >= 0.3 is 6.09 Å². The molecule has 182 valence electrons. The van der Waals surface area contributed by atoms with Crippen molar-refractivity contribution in [3.05, 3.63) is 29.6 Å². The standard InChI is InChI=1S/C25H36FN3O4/c1-18(17-29-10-9-20-16-21(26)7-8-22(20)29)27-24(30)23(15-19-5-3-2-4-6-19)33-25(31)28-11-13-32-14-12-28/h7-8,16,18-19,23H,2-6,9-15,17H2,1H3,(H,27,30)/t18-,23-/m0/s1. The number of hydrogen-bond acceptors (Lipinski definition) is 5. The predicted molar refractivity (Wildman–Crippen MR) is 124 cm³/mol. The van der Waals surface area contributed by atoms with Gasteiger partial charge in [0.25, 0.3) is 5.91 Å². The van der Waals surface area contributed by atoms with E-state index in [0.29, 0.717) is 45.2 Å². The van der Waals surface area contributed by atoms with Crippen molar-refractivity contribution < 1.29 is 23.5 Å². The lowest BCUT2D eigenvalue weighted by molar-refractivity contribution is -0.132. The quantitative estimate of drug-likeness (QED) is 0.673. The lowest BCUT2D eigenvalue weighted by Gasteiger charge is -2.31. The Kier molecular flexibility index (Phi) is 8.06. The molecule has 7 nitrogen and oxygen atoms in total. The fourth-order valence-electron chi connectivity index (χ4n) is 5.22. The highest BCUT2D eigenvalue weighted by Gasteiger charge is 2.31. The molecule has 2 fully saturated rings. The molecule has 0 radical (unpaired) electrons. The Balaban J connectivity index is 1.36. The Labute approximate surface area is 195 Å².